The van der Waals surface area contributed by atoms with Gasteiger partial charge in [0.05, 0.1) is 0 Å². The zero-order valence-corrected chi connectivity index (χ0v) is 15.0. The molecule has 0 bridgehead atoms. The van der Waals surface area contributed by atoms with Crippen LogP contribution in [0.25, 0.3) is 0 Å². The van der Waals surface area contributed by atoms with E-state index in [0.717, 1.165) is 0 Å². The summed E-state index contributed by atoms with van der Waals surface area (Å²) in [7, 11) is 0. The van der Waals surface area contributed by atoms with Gasteiger partial charge in [0.1, 0.15) is 0 Å². The summed E-state index contributed by atoms with van der Waals surface area (Å²) in [4.78, 5) is 10.5. The van der Waals surface area contributed by atoms with E-state index in [-0.39, 0.29) is 6.08 Å². The predicted octanol–water partition coefficient (Wildman–Crippen LogP) is 5.52. The van der Waals surface area contributed by atoms with Crippen molar-refractivity contribution in [2.75, 3.05) is 6.61 Å². The molecule has 34 heavy (non-hydrogen) atoms. The third kappa shape index (κ3) is 6.96. The molecule has 202 valence electrons. The molecule has 0 rings (SSSR count). The van der Waals surface area contributed by atoms with Gasteiger partial charge in [-0.05, 0) is 0 Å². The highest BCUT2D eigenvalue weighted by Gasteiger charge is 2.83. The largest absolute Gasteiger partial charge is 0.495 e. The van der Waals surface area contributed by atoms with Gasteiger partial charge in [0.25, 0.3) is 0 Å². The minimum Gasteiger partial charge on any atom is -0.453 e. The van der Waals surface area contributed by atoms with Crippen LogP contribution in [0.5, 0.6) is 0 Å². The Morgan fingerprint density at radius 1 is 0.618 bits per heavy atom. The van der Waals surface area contributed by atoms with Gasteiger partial charge in [-0.3, -0.25) is 0 Å². The molecule has 5 nitrogen and oxygen atoms in total. The van der Waals surface area contributed by atoms with Gasteiger partial charge in [0.15, 0.2) is 6.61 Å². The van der Waals surface area contributed by atoms with Gasteiger partial charge in [0.2, 0.25) is 0 Å². The summed E-state index contributed by atoms with van der Waals surface area (Å²) in [5.74, 6) is -17.5. The smallest absolute Gasteiger partial charge is 0.453 e. The van der Waals surface area contributed by atoms with Crippen LogP contribution in [0.15, 0.2) is 12.7 Å². The number of ether oxygens (including phenoxy) is 4. The molecule has 0 aromatic heterocycles. The van der Waals surface area contributed by atoms with Crippen LogP contribution >= 0.6 is 0 Å². The highest BCUT2D eigenvalue weighted by molar-refractivity contribution is 5.81. The van der Waals surface area contributed by atoms with Crippen molar-refractivity contribution in [1.82, 2.24) is 0 Å². The highest BCUT2D eigenvalue weighted by atomic mass is 19.4. The third-order valence-electron chi connectivity index (χ3n) is 2.77. The molecular weight excluding hydrogens is 547 g/mol. The van der Waals surface area contributed by atoms with Crippen LogP contribution in [0.3, 0.4) is 0 Å². The Bertz CT molecular complexity index is 744. The Labute approximate surface area is 173 Å². The van der Waals surface area contributed by atoms with E-state index in [2.05, 4.69) is 16.1 Å². The fourth-order valence-electron chi connectivity index (χ4n) is 1.28. The Morgan fingerprint density at radius 3 is 1.38 bits per heavy atom. The minimum atomic E-state index is -7.98. The van der Waals surface area contributed by atoms with E-state index < -0.39 is 61.3 Å². The molecule has 0 amide bonds. The maximum atomic E-state index is 13.2. The molecule has 0 atom stereocenters. The lowest BCUT2D eigenvalue weighted by Gasteiger charge is -2.36. The molecule has 0 heterocycles. The van der Waals surface area contributed by atoms with Gasteiger partial charge in [-0.25, -0.2) is 19.0 Å². The monoisotopic (exact) mass is 552 g/mol. The molecule has 0 saturated heterocycles. The number of hydrogen-bond acceptors (Lipinski definition) is 5. The highest BCUT2D eigenvalue weighted by Crippen LogP contribution is 2.55. The first-order chi connectivity index (χ1) is 14.6. The molecule has 0 aromatic carbocycles. The zero-order chi connectivity index (χ0) is 27.8. The van der Waals surface area contributed by atoms with Crippen molar-refractivity contribution in [1.29, 1.82) is 0 Å². The Hall–Kier alpha value is -2.10. The molecule has 0 aliphatic carbocycles. The van der Waals surface area contributed by atoms with Crippen molar-refractivity contribution in [2.24, 2.45) is 0 Å². The van der Waals surface area contributed by atoms with Gasteiger partial charge in [-0.15, -0.1) is 8.78 Å². The molecule has 22 heteroatoms. The number of esters is 1. The number of carbonyl (C=O) groups is 1. The minimum absolute atomic E-state index is 0.138. The van der Waals surface area contributed by atoms with Gasteiger partial charge in [-0.2, -0.15) is 65.9 Å². The van der Waals surface area contributed by atoms with Crippen LogP contribution in [0, 0.1) is 0 Å². The SMILES string of the molecule is C=CC(=O)OCC(F)(F)OC(F)(F)OC(F)(F)C(F)(F)C(F)(F)OC(F)(F)C(F)(F)C(F)(F)F. The average molecular weight is 552 g/mol. The average Bonchev–Trinajstić information content (AvgIpc) is 2.55. The zero-order valence-electron chi connectivity index (χ0n) is 15.0. The van der Waals surface area contributed by atoms with Gasteiger partial charge in [0, 0.05) is 6.08 Å². The summed E-state index contributed by atoms with van der Waals surface area (Å²) >= 11 is 0. The second-order valence-corrected chi connectivity index (χ2v) is 5.42. The summed E-state index contributed by atoms with van der Waals surface area (Å²) < 4.78 is 225. The first-order valence-corrected chi connectivity index (χ1v) is 7.18. The standard InChI is InChI=1S/C12H5F17O5/c1-2-4(30)31-3-5(13,14)32-12(28,29)34-11(26,27)7(17,18)10(24,25)33-9(22,23)6(15,16)8(19,20)21/h2H,1,3H2. The summed E-state index contributed by atoms with van der Waals surface area (Å²) in [6.45, 7) is 0.0404. The van der Waals surface area contributed by atoms with E-state index in [1.54, 1.807) is 4.74 Å². The molecule has 0 saturated carbocycles. The Kier molecular flexibility index (Phi) is 8.60. The third-order valence-corrected chi connectivity index (χ3v) is 2.77. The molecular formula is C12H5F17O5. The van der Waals surface area contributed by atoms with Crippen molar-refractivity contribution >= 4 is 5.97 Å². The molecule has 0 radical (unpaired) electrons. The quantitative estimate of drug-likeness (QED) is 0.138. The predicted molar refractivity (Wildman–Crippen MR) is 65.1 cm³/mol. The van der Waals surface area contributed by atoms with E-state index in [0.29, 0.717) is 0 Å². The second-order valence-electron chi connectivity index (χ2n) is 5.42. The van der Waals surface area contributed by atoms with Crippen molar-refractivity contribution in [3.8, 4) is 0 Å². The molecule has 0 aliphatic heterocycles. The number of rotatable bonds is 12. The number of hydrogen-bond donors (Lipinski definition) is 0. The van der Waals surface area contributed by atoms with Crippen molar-refractivity contribution in [3.05, 3.63) is 12.7 Å². The van der Waals surface area contributed by atoms with E-state index in [1.165, 1.54) is 4.74 Å². The summed E-state index contributed by atoms with van der Waals surface area (Å²) in [6.07, 6.45) is -43.0. The molecule has 0 N–H and O–H groups in total. The lowest BCUT2D eigenvalue weighted by molar-refractivity contribution is -0.566. The molecule has 0 aromatic rings. The van der Waals surface area contributed by atoms with Gasteiger partial charge < -0.3 is 4.74 Å². The molecule has 0 unspecified atom stereocenters. The number of alkyl halides is 17. The van der Waals surface area contributed by atoms with Crippen molar-refractivity contribution < 1.29 is 98.4 Å². The van der Waals surface area contributed by atoms with Crippen LogP contribution < -0.4 is 0 Å². The topological polar surface area (TPSA) is 54.0 Å². The first kappa shape index (κ1) is 31.9. The lowest BCUT2D eigenvalue weighted by atomic mass is 10.2. The van der Waals surface area contributed by atoms with Gasteiger partial charge in [-0.1, -0.05) is 6.58 Å². The first-order valence-electron chi connectivity index (χ1n) is 7.18. The van der Waals surface area contributed by atoms with Crippen LogP contribution in [-0.4, -0.2) is 61.3 Å². The fourth-order valence-corrected chi connectivity index (χ4v) is 1.28. The van der Waals surface area contributed by atoms with E-state index in [4.69, 9.17) is 0 Å². The van der Waals surface area contributed by atoms with E-state index in [9.17, 15) is 79.4 Å². The van der Waals surface area contributed by atoms with E-state index in [1.807, 2.05) is 0 Å². The summed E-state index contributed by atoms with van der Waals surface area (Å²) in [5, 5.41) is 0. The normalized spacial score (nSPS) is 15.3. The Morgan fingerprint density at radius 2 is 1.00 bits per heavy atom. The maximum Gasteiger partial charge on any atom is 0.495 e. The molecule has 0 fully saturated rings. The maximum absolute atomic E-state index is 13.2. The summed E-state index contributed by atoms with van der Waals surface area (Å²) in [5.41, 5.74) is 0. The number of halogens is 17. The van der Waals surface area contributed by atoms with Crippen LogP contribution in [-0.2, 0) is 23.7 Å². The number of carbonyl (C=O) groups excluding carboxylic acids is 1. The van der Waals surface area contributed by atoms with Crippen LogP contribution in [0.4, 0.5) is 74.6 Å². The van der Waals surface area contributed by atoms with Crippen LogP contribution in [0.1, 0.15) is 0 Å². The fraction of sp³-hybridized carbons (Fsp3) is 0.750. The molecule has 0 spiro atoms. The van der Waals surface area contributed by atoms with E-state index >= 15 is 0 Å². The van der Waals surface area contributed by atoms with Crippen molar-refractivity contribution in [3.63, 3.8) is 0 Å². The Balaban J connectivity index is 5.83. The van der Waals surface area contributed by atoms with Gasteiger partial charge >= 0.3 is 54.7 Å². The van der Waals surface area contributed by atoms with Crippen LogP contribution in [0.2, 0.25) is 0 Å². The lowest BCUT2D eigenvalue weighted by Crippen LogP contribution is -2.63. The summed E-state index contributed by atoms with van der Waals surface area (Å²) in [6, 6.07) is 0. The van der Waals surface area contributed by atoms with Crippen molar-refractivity contribution in [2.45, 2.75) is 48.8 Å². The molecule has 0 aliphatic rings. The second kappa shape index (κ2) is 9.17.